The molecule has 1 heterocycles. The van der Waals surface area contributed by atoms with Gasteiger partial charge in [-0.1, -0.05) is 6.08 Å². The zero-order valence-electron chi connectivity index (χ0n) is 9.42. The monoisotopic (exact) mass is 272 g/mol. The number of fused-ring (bicyclic) bond motifs is 1. The second-order valence-corrected chi connectivity index (χ2v) is 4.82. The van der Waals surface area contributed by atoms with Crippen LogP contribution in [0.15, 0.2) is 30.9 Å². The van der Waals surface area contributed by atoms with E-state index in [0.717, 1.165) is 21.8 Å². The first-order chi connectivity index (χ1) is 8.50. The lowest BCUT2D eigenvalue weighted by atomic mass is 10.2. The first-order valence-electron chi connectivity index (χ1n) is 5.29. The molecule has 1 N–H and O–H groups in total. The molecule has 18 heavy (non-hydrogen) atoms. The largest absolute Gasteiger partial charge is 0.416 e. The van der Waals surface area contributed by atoms with Gasteiger partial charge < -0.3 is 5.32 Å². The second kappa shape index (κ2) is 5.07. The number of rotatable bonds is 4. The minimum absolute atomic E-state index is 0.394. The van der Waals surface area contributed by atoms with Crippen LogP contribution >= 0.6 is 11.3 Å². The Labute approximate surface area is 106 Å². The van der Waals surface area contributed by atoms with E-state index in [1.165, 1.54) is 17.4 Å². The molecular weight excluding hydrogens is 261 g/mol. The Morgan fingerprint density at radius 2 is 2.17 bits per heavy atom. The van der Waals surface area contributed by atoms with Gasteiger partial charge in [-0.3, -0.25) is 0 Å². The molecule has 0 bridgehead atoms. The van der Waals surface area contributed by atoms with E-state index in [9.17, 15) is 13.2 Å². The topological polar surface area (TPSA) is 24.9 Å². The predicted octanol–water partition coefficient (Wildman–Crippen LogP) is 3.59. The van der Waals surface area contributed by atoms with Crippen molar-refractivity contribution < 1.29 is 13.2 Å². The van der Waals surface area contributed by atoms with Crippen molar-refractivity contribution in [3.63, 3.8) is 0 Å². The fourth-order valence-electron chi connectivity index (χ4n) is 1.51. The third-order valence-electron chi connectivity index (χ3n) is 2.32. The molecule has 0 aliphatic rings. The Balaban J connectivity index is 2.25. The van der Waals surface area contributed by atoms with E-state index < -0.39 is 11.7 Å². The number of benzene rings is 1. The molecule has 0 atom stereocenters. The molecule has 0 unspecified atom stereocenters. The summed E-state index contributed by atoms with van der Waals surface area (Å²) in [6, 6.07) is 3.64. The van der Waals surface area contributed by atoms with Crippen molar-refractivity contribution in [3.05, 3.63) is 41.4 Å². The van der Waals surface area contributed by atoms with Crippen molar-refractivity contribution in [1.82, 2.24) is 10.3 Å². The molecule has 0 aliphatic carbocycles. The molecule has 0 aliphatic heterocycles. The van der Waals surface area contributed by atoms with Gasteiger partial charge in [0.1, 0.15) is 5.01 Å². The first kappa shape index (κ1) is 13.0. The molecule has 2 aromatic rings. The van der Waals surface area contributed by atoms with Crippen molar-refractivity contribution in [1.29, 1.82) is 0 Å². The van der Waals surface area contributed by atoms with E-state index in [2.05, 4.69) is 16.9 Å². The van der Waals surface area contributed by atoms with Gasteiger partial charge in [-0.2, -0.15) is 13.2 Å². The van der Waals surface area contributed by atoms with E-state index in [4.69, 9.17) is 0 Å². The van der Waals surface area contributed by atoms with Crippen molar-refractivity contribution in [2.24, 2.45) is 0 Å². The van der Waals surface area contributed by atoms with Gasteiger partial charge in [0.2, 0.25) is 0 Å². The average Bonchev–Trinajstić information content (AvgIpc) is 2.69. The maximum atomic E-state index is 12.5. The number of hydrogen-bond acceptors (Lipinski definition) is 3. The molecule has 0 fully saturated rings. The minimum Gasteiger partial charge on any atom is -0.307 e. The summed E-state index contributed by atoms with van der Waals surface area (Å²) in [4.78, 5) is 4.18. The number of nitrogens with zero attached hydrogens (tertiary/aromatic N) is 1. The molecule has 0 saturated carbocycles. The fraction of sp³-hybridized carbons (Fsp3) is 0.250. The molecule has 2 rings (SSSR count). The third-order valence-corrected chi connectivity index (χ3v) is 3.36. The predicted molar refractivity (Wildman–Crippen MR) is 66.5 cm³/mol. The third kappa shape index (κ3) is 2.88. The Kier molecular flexibility index (Phi) is 3.68. The van der Waals surface area contributed by atoms with Crippen LogP contribution in [0.1, 0.15) is 10.6 Å². The lowest BCUT2D eigenvalue weighted by Crippen LogP contribution is -2.12. The molecule has 2 nitrogen and oxygen atoms in total. The maximum Gasteiger partial charge on any atom is 0.416 e. The zero-order chi connectivity index (χ0) is 13.2. The Morgan fingerprint density at radius 3 is 2.83 bits per heavy atom. The van der Waals surface area contributed by atoms with Gasteiger partial charge in [0.05, 0.1) is 15.8 Å². The highest BCUT2D eigenvalue weighted by molar-refractivity contribution is 7.18. The Bertz CT molecular complexity index is 560. The first-order valence-corrected chi connectivity index (χ1v) is 6.10. The van der Waals surface area contributed by atoms with E-state index in [-0.39, 0.29) is 0 Å². The van der Waals surface area contributed by atoms with Gasteiger partial charge in [0.25, 0.3) is 0 Å². The van der Waals surface area contributed by atoms with E-state index in [1.54, 1.807) is 6.08 Å². The fourth-order valence-corrected chi connectivity index (χ4v) is 2.43. The second-order valence-electron chi connectivity index (χ2n) is 3.71. The van der Waals surface area contributed by atoms with Gasteiger partial charge in [0.15, 0.2) is 0 Å². The number of thiazole rings is 1. The number of nitrogens with one attached hydrogen (secondary N) is 1. The van der Waals surface area contributed by atoms with Crippen molar-refractivity contribution in [3.8, 4) is 0 Å². The summed E-state index contributed by atoms with van der Waals surface area (Å²) in [5.41, 5.74) is -0.267. The Morgan fingerprint density at radius 1 is 1.39 bits per heavy atom. The smallest absolute Gasteiger partial charge is 0.307 e. The lowest BCUT2D eigenvalue weighted by molar-refractivity contribution is -0.137. The van der Waals surface area contributed by atoms with Crippen LogP contribution in [0.2, 0.25) is 0 Å². The zero-order valence-corrected chi connectivity index (χ0v) is 10.2. The summed E-state index contributed by atoms with van der Waals surface area (Å²) in [5, 5.41) is 3.83. The van der Waals surface area contributed by atoms with Crippen molar-refractivity contribution in [2.45, 2.75) is 12.7 Å². The normalized spacial score (nSPS) is 11.9. The minimum atomic E-state index is -4.32. The molecule has 0 saturated heterocycles. The average molecular weight is 272 g/mol. The molecule has 6 heteroatoms. The summed E-state index contributed by atoms with van der Waals surface area (Å²) in [6.45, 7) is 4.75. The van der Waals surface area contributed by atoms with Crippen LogP contribution in [0.4, 0.5) is 13.2 Å². The summed E-state index contributed by atoms with van der Waals surface area (Å²) in [7, 11) is 0. The Hall–Kier alpha value is -1.40. The van der Waals surface area contributed by atoms with Crippen LogP contribution < -0.4 is 5.32 Å². The van der Waals surface area contributed by atoms with Crippen LogP contribution in [0.3, 0.4) is 0 Å². The van der Waals surface area contributed by atoms with Gasteiger partial charge in [-0.15, -0.1) is 17.9 Å². The SMILES string of the molecule is C=CCNCc1nc2cc(C(F)(F)F)ccc2s1. The standard InChI is InChI=1S/C12H11F3N2S/c1-2-5-16-7-11-17-9-6-8(12(13,14)15)3-4-10(9)18-11/h2-4,6,16H,1,5,7H2. The van der Waals surface area contributed by atoms with Crippen LogP contribution in [0, 0.1) is 0 Å². The summed E-state index contributed by atoms with van der Waals surface area (Å²) in [6.07, 6.45) is -2.60. The molecule has 96 valence electrons. The molecule has 0 spiro atoms. The highest BCUT2D eigenvalue weighted by Gasteiger charge is 2.30. The van der Waals surface area contributed by atoms with Crippen LogP contribution in [0.25, 0.3) is 10.2 Å². The van der Waals surface area contributed by atoms with Gasteiger partial charge in [0, 0.05) is 13.1 Å². The van der Waals surface area contributed by atoms with Gasteiger partial charge >= 0.3 is 6.18 Å². The highest BCUT2D eigenvalue weighted by atomic mass is 32.1. The van der Waals surface area contributed by atoms with Gasteiger partial charge in [-0.05, 0) is 18.2 Å². The summed E-state index contributed by atoms with van der Waals surface area (Å²) in [5.74, 6) is 0. The maximum absolute atomic E-state index is 12.5. The van der Waals surface area contributed by atoms with Crippen molar-refractivity contribution >= 4 is 21.6 Å². The molecule has 1 aromatic heterocycles. The molecule has 0 amide bonds. The van der Waals surface area contributed by atoms with Crippen molar-refractivity contribution in [2.75, 3.05) is 6.54 Å². The molecular formula is C12H11F3N2S. The number of aromatic nitrogens is 1. The van der Waals surface area contributed by atoms with E-state index >= 15 is 0 Å². The summed E-state index contributed by atoms with van der Waals surface area (Å²) >= 11 is 1.39. The van der Waals surface area contributed by atoms with E-state index in [1.807, 2.05) is 0 Å². The number of hydrogen-bond donors (Lipinski definition) is 1. The quantitative estimate of drug-likeness (QED) is 0.679. The number of halogens is 3. The van der Waals surface area contributed by atoms with Crippen LogP contribution in [0.5, 0.6) is 0 Å². The van der Waals surface area contributed by atoms with Crippen LogP contribution in [-0.2, 0) is 12.7 Å². The highest BCUT2D eigenvalue weighted by Crippen LogP contribution is 2.32. The van der Waals surface area contributed by atoms with E-state index in [0.29, 0.717) is 18.6 Å². The van der Waals surface area contributed by atoms with Crippen LogP contribution in [-0.4, -0.2) is 11.5 Å². The van der Waals surface area contributed by atoms with Gasteiger partial charge in [-0.25, -0.2) is 4.98 Å². The lowest BCUT2D eigenvalue weighted by Gasteiger charge is -2.04. The number of alkyl halides is 3. The molecule has 0 radical (unpaired) electrons. The molecule has 1 aromatic carbocycles. The summed E-state index contributed by atoms with van der Waals surface area (Å²) < 4.78 is 38.3.